The average molecular weight is 318 g/mol. The molecule has 0 radical (unpaired) electrons. The third-order valence-corrected chi connectivity index (χ3v) is 4.06. The van der Waals surface area contributed by atoms with Crippen LogP contribution in [0.15, 0.2) is 28.7 Å². The van der Waals surface area contributed by atoms with Gasteiger partial charge in [-0.05, 0) is 50.5 Å². The maximum absolute atomic E-state index is 6.22. The van der Waals surface area contributed by atoms with Crippen LogP contribution in [0.5, 0.6) is 0 Å². The molecule has 0 atom stereocenters. The minimum atomic E-state index is -0.291. The number of halogens is 1. The van der Waals surface area contributed by atoms with Crippen LogP contribution in [-0.2, 0) is 5.54 Å². The van der Waals surface area contributed by atoms with E-state index in [1.807, 2.05) is 19.1 Å². The zero-order valence-corrected chi connectivity index (χ0v) is 12.7. The fourth-order valence-electron chi connectivity index (χ4n) is 2.16. The van der Waals surface area contributed by atoms with E-state index in [2.05, 4.69) is 45.0 Å². The number of hydrogen-bond acceptors (Lipinski definition) is 3. The van der Waals surface area contributed by atoms with Gasteiger partial charge in [0.15, 0.2) is 0 Å². The Morgan fingerprint density at radius 3 is 2.58 bits per heavy atom. The van der Waals surface area contributed by atoms with Crippen LogP contribution in [0.4, 0.5) is 0 Å². The molecule has 98 valence electrons. The molecule has 1 aliphatic carbocycles. The molecule has 1 heterocycles. The summed E-state index contributed by atoms with van der Waals surface area (Å²) in [6, 6.07) is 8.24. The van der Waals surface area contributed by atoms with E-state index in [0.717, 1.165) is 40.1 Å². The summed E-state index contributed by atoms with van der Waals surface area (Å²) in [5.41, 5.74) is 10.2. The Morgan fingerprint density at radius 2 is 1.89 bits per heavy atom. The molecule has 0 bridgehead atoms. The summed E-state index contributed by atoms with van der Waals surface area (Å²) in [4.78, 5) is 9.18. The fraction of sp³-hybridized carbons (Fsp3) is 0.333. The second kappa shape index (κ2) is 4.39. The Labute approximate surface area is 121 Å². The smallest absolute Gasteiger partial charge is 0.149 e. The number of aromatic nitrogens is 2. The van der Waals surface area contributed by atoms with Crippen molar-refractivity contribution in [2.45, 2.75) is 32.2 Å². The van der Waals surface area contributed by atoms with Crippen molar-refractivity contribution in [3.63, 3.8) is 0 Å². The van der Waals surface area contributed by atoms with E-state index in [-0.39, 0.29) is 5.54 Å². The fourth-order valence-corrected chi connectivity index (χ4v) is 2.52. The zero-order chi connectivity index (χ0) is 13.6. The molecule has 1 saturated carbocycles. The van der Waals surface area contributed by atoms with Crippen LogP contribution in [0.1, 0.15) is 29.9 Å². The van der Waals surface area contributed by atoms with Crippen molar-refractivity contribution >= 4 is 15.9 Å². The Hall–Kier alpha value is -1.26. The number of aryl methyl sites for hydroxylation is 2. The zero-order valence-electron chi connectivity index (χ0n) is 11.1. The van der Waals surface area contributed by atoms with E-state index >= 15 is 0 Å². The molecule has 0 amide bonds. The normalized spacial score (nSPS) is 16.4. The second-order valence-corrected chi connectivity index (χ2v) is 6.25. The first kappa shape index (κ1) is 12.8. The van der Waals surface area contributed by atoms with E-state index in [4.69, 9.17) is 5.73 Å². The highest BCUT2D eigenvalue weighted by atomic mass is 79.9. The molecule has 0 saturated heterocycles. The lowest BCUT2D eigenvalue weighted by molar-refractivity contribution is 0.669. The Bertz CT molecular complexity index is 648. The number of rotatable bonds is 2. The number of benzene rings is 1. The topological polar surface area (TPSA) is 51.8 Å². The lowest BCUT2D eigenvalue weighted by atomic mass is 10.0. The van der Waals surface area contributed by atoms with Gasteiger partial charge in [-0.15, -0.1) is 0 Å². The van der Waals surface area contributed by atoms with Crippen LogP contribution < -0.4 is 5.73 Å². The molecule has 2 N–H and O–H groups in total. The SMILES string of the molecule is Cc1cc(-c2cc(Br)ccc2C)nc(C2(N)CC2)n1. The third kappa shape index (κ3) is 2.42. The van der Waals surface area contributed by atoms with Crippen LogP contribution in [0, 0.1) is 13.8 Å². The predicted octanol–water partition coefficient (Wildman–Crippen LogP) is 3.47. The van der Waals surface area contributed by atoms with Crippen molar-refractivity contribution in [3.05, 3.63) is 45.8 Å². The van der Waals surface area contributed by atoms with Crippen LogP contribution >= 0.6 is 15.9 Å². The Kier molecular flexibility index (Phi) is 2.95. The highest BCUT2D eigenvalue weighted by Crippen LogP contribution is 2.41. The number of nitrogens with two attached hydrogens (primary N) is 1. The van der Waals surface area contributed by atoms with Gasteiger partial charge in [0.1, 0.15) is 5.82 Å². The summed E-state index contributed by atoms with van der Waals surface area (Å²) in [6.07, 6.45) is 1.96. The lowest BCUT2D eigenvalue weighted by Crippen LogP contribution is -2.22. The summed E-state index contributed by atoms with van der Waals surface area (Å²) < 4.78 is 1.06. The van der Waals surface area contributed by atoms with Gasteiger partial charge in [-0.1, -0.05) is 22.0 Å². The standard InChI is InChI=1S/C15H16BrN3/c1-9-3-4-11(16)8-12(9)13-7-10(2)18-14(19-13)15(17)5-6-15/h3-4,7-8H,5-6,17H2,1-2H3. The van der Waals surface area contributed by atoms with E-state index in [0.29, 0.717) is 0 Å². The molecule has 1 fully saturated rings. The first-order valence-electron chi connectivity index (χ1n) is 6.39. The highest BCUT2D eigenvalue weighted by molar-refractivity contribution is 9.10. The molecule has 0 aliphatic heterocycles. The first-order chi connectivity index (χ1) is 8.98. The second-order valence-electron chi connectivity index (χ2n) is 5.33. The van der Waals surface area contributed by atoms with E-state index in [9.17, 15) is 0 Å². The molecule has 2 aromatic rings. The average Bonchev–Trinajstić information content (AvgIpc) is 3.11. The molecule has 1 aromatic heterocycles. The molecule has 19 heavy (non-hydrogen) atoms. The van der Waals surface area contributed by atoms with Gasteiger partial charge in [0.2, 0.25) is 0 Å². The van der Waals surface area contributed by atoms with Gasteiger partial charge in [0.25, 0.3) is 0 Å². The largest absolute Gasteiger partial charge is 0.319 e. The summed E-state index contributed by atoms with van der Waals surface area (Å²) in [7, 11) is 0. The van der Waals surface area contributed by atoms with Gasteiger partial charge < -0.3 is 5.73 Å². The Balaban J connectivity index is 2.14. The molecular formula is C15H16BrN3. The molecule has 1 aromatic carbocycles. The van der Waals surface area contributed by atoms with Crippen LogP contribution in [0.2, 0.25) is 0 Å². The molecular weight excluding hydrogens is 302 g/mol. The van der Waals surface area contributed by atoms with E-state index < -0.39 is 0 Å². The molecule has 3 nitrogen and oxygen atoms in total. The molecule has 4 heteroatoms. The molecule has 0 unspecified atom stereocenters. The van der Waals surface area contributed by atoms with E-state index in [1.54, 1.807) is 0 Å². The van der Waals surface area contributed by atoms with E-state index in [1.165, 1.54) is 5.56 Å². The number of nitrogens with zero attached hydrogens (tertiary/aromatic N) is 2. The summed E-state index contributed by atoms with van der Waals surface area (Å²) >= 11 is 3.51. The molecule has 0 spiro atoms. The summed E-state index contributed by atoms with van der Waals surface area (Å²) in [5.74, 6) is 0.780. The van der Waals surface area contributed by atoms with Crippen molar-refractivity contribution in [1.82, 2.24) is 9.97 Å². The van der Waals surface area contributed by atoms with Crippen molar-refractivity contribution in [2.75, 3.05) is 0 Å². The van der Waals surface area contributed by atoms with Crippen molar-refractivity contribution < 1.29 is 0 Å². The minimum absolute atomic E-state index is 0.291. The van der Waals surface area contributed by atoms with Gasteiger partial charge in [0.05, 0.1) is 11.2 Å². The van der Waals surface area contributed by atoms with Crippen molar-refractivity contribution in [1.29, 1.82) is 0 Å². The summed E-state index contributed by atoms with van der Waals surface area (Å²) in [5, 5.41) is 0. The van der Waals surface area contributed by atoms with Crippen molar-refractivity contribution in [3.8, 4) is 11.3 Å². The predicted molar refractivity (Wildman–Crippen MR) is 79.7 cm³/mol. The first-order valence-corrected chi connectivity index (χ1v) is 7.19. The Morgan fingerprint density at radius 1 is 1.16 bits per heavy atom. The molecule has 1 aliphatic rings. The third-order valence-electron chi connectivity index (χ3n) is 3.56. The lowest BCUT2D eigenvalue weighted by Gasteiger charge is -2.12. The van der Waals surface area contributed by atoms with Crippen LogP contribution in [0.3, 0.4) is 0 Å². The maximum atomic E-state index is 6.22. The van der Waals surface area contributed by atoms with Crippen LogP contribution in [-0.4, -0.2) is 9.97 Å². The minimum Gasteiger partial charge on any atom is -0.319 e. The maximum Gasteiger partial charge on any atom is 0.149 e. The molecule has 3 rings (SSSR count). The highest BCUT2D eigenvalue weighted by Gasteiger charge is 2.43. The van der Waals surface area contributed by atoms with Gasteiger partial charge in [-0.3, -0.25) is 0 Å². The van der Waals surface area contributed by atoms with Gasteiger partial charge in [0, 0.05) is 15.7 Å². The van der Waals surface area contributed by atoms with Crippen molar-refractivity contribution in [2.24, 2.45) is 5.73 Å². The van der Waals surface area contributed by atoms with Crippen LogP contribution in [0.25, 0.3) is 11.3 Å². The number of hydrogen-bond donors (Lipinski definition) is 1. The van der Waals surface area contributed by atoms with Gasteiger partial charge in [-0.2, -0.15) is 0 Å². The summed E-state index contributed by atoms with van der Waals surface area (Å²) in [6.45, 7) is 4.09. The quantitative estimate of drug-likeness (QED) is 0.922. The van der Waals surface area contributed by atoms with Gasteiger partial charge >= 0.3 is 0 Å². The monoisotopic (exact) mass is 317 g/mol. The van der Waals surface area contributed by atoms with Gasteiger partial charge in [-0.25, -0.2) is 9.97 Å².